The minimum absolute atomic E-state index is 0.0791. The molecule has 0 aliphatic heterocycles. The molecule has 1 atom stereocenters. The van der Waals surface area contributed by atoms with Crippen molar-refractivity contribution in [3.8, 4) is 0 Å². The van der Waals surface area contributed by atoms with Gasteiger partial charge in [-0.05, 0) is 24.1 Å². The van der Waals surface area contributed by atoms with Crippen LogP contribution in [0.25, 0.3) is 0 Å². The van der Waals surface area contributed by atoms with E-state index in [9.17, 15) is 27.0 Å². The number of Topliss-reactive ketones (excluding diaryl/α,β-unsaturated/α-hetero) is 2. The third-order valence-electron chi connectivity index (χ3n) is 4.19. The van der Waals surface area contributed by atoms with Gasteiger partial charge in [0.15, 0.2) is 23.2 Å². The van der Waals surface area contributed by atoms with E-state index in [4.69, 9.17) is 16.4 Å². The lowest BCUT2D eigenvalue weighted by Crippen LogP contribution is -2.36. The van der Waals surface area contributed by atoms with E-state index >= 15 is 0 Å². The van der Waals surface area contributed by atoms with Crippen LogP contribution in [-0.4, -0.2) is 28.1 Å². The molecule has 0 bridgehead atoms. The van der Waals surface area contributed by atoms with Gasteiger partial charge in [-0.15, -0.1) is 0 Å². The molecule has 0 N–H and O–H groups in total. The van der Waals surface area contributed by atoms with Gasteiger partial charge in [0, 0.05) is 29.9 Å². The number of hydrogen-bond donors (Lipinski definition) is 0. The molecule has 1 saturated carbocycles. The fourth-order valence-corrected chi connectivity index (χ4v) is 4.06. The second-order valence-corrected chi connectivity index (χ2v) is 8.00. The standard InChI is InChI=1S/C20H19ClF3NO4S/c1-2-4-16(25-29-6-3-5-21)20-17(26)7-12(8-18(20)27)11-30(28)19-10-14(23)13(22)9-15(19)24/h3,5,9-11,20H,2,4,6-8H2,1H3/b5-3+,12-11?,25-16?. The number of rotatable bonds is 8. The second-order valence-electron chi connectivity index (χ2n) is 6.48. The fraction of sp³-hybridized carbons (Fsp3) is 0.350. The van der Waals surface area contributed by atoms with Crippen LogP contribution in [0.1, 0.15) is 32.6 Å². The summed E-state index contributed by atoms with van der Waals surface area (Å²) in [5.74, 6) is -5.92. The van der Waals surface area contributed by atoms with E-state index in [1.54, 1.807) is 0 Å². The quantitative estimate of drug-likeness (QED) is 0.187. The third-order valence-corrected chi connectivity index (χ3v) is 5.66. The van der Waals surface area contributed by atoms with Crippen LogP contribution < -0.4 is 0 Å². The molecule has 1 fully saturated rings. The minimum Gasteiger partial charge on any atom is -0.392 e. The van der Waals surface area contributed by atoms with Crippen molar-refractivity contribution in [2.45, 2.75) is 37.5 Å². The Kier molecular flexibility index (Phi) is 8.98. The largest absolute Gasteiger partial charge is 0.392 e. The molecule has 10 heteroatoms. The average molecular weight is 462 g/mol. The van der Waals surface area contributed by atoms with Crippen LogP contribution in [-0.2, 0) is 25.2 Å². The molecular formula is C20H19ClF3NO4S. The van der Waals surface area contributed by atoms with Gasteiger partial charge in [0.2, 0.25) is 0 Å². The highest BCUT2D eigenvalue weighted by Crippen LogP contribution is 2.27. The van der Waals surface area contributed by atoms with Crippen molar-refractivity contribution in [3.05, 3.63) is 52.2 Å². The second kappa shape index (κ2) is 11.2. The lowest BCUT2D eigenvalue weighted by atomic mass is 9.80. The Bertz CT molecular complexity index is 926. The number of nitrogens with zero attached hydrogens (tertiary/aromatic N) is 1. The maximum Gasteiger partial charge on any atom is 0.161 e. The molecule has 1 aliphatic carbocycles. The van der Waals surface area contributed by atoms with E-state index in [1.807, 2.05) is 6.92 Å². The van der Waals surface area contributed by atoms with Gasteiger partial charge in [0.25, 0.3) is 0 Å². The molecule has 30 heavy (non-hydrogen) atoms. The van der Waals surface area contributed by atoms with Gasteiger partial charge in [-0.25, -0.2) is 17.4 Å². The highest BCUT2D eigenvalue weighted by atomic mass is 35.5. The first-order valence-corrected chi connectivity index (χ1v) is 10.7. The summed E-state index contributed by atoms with van der Waals surface area (Å²) in [5, 5.41) is 4.93. The number of carbonyl (C=O) groups is 2. The van der Waals surface area contributed by atoms with E-state index < -0.39 is 50.6 Å². The van der Waals surface area contributed by atoms with Crippen LogP contribution >= 0.6 is 11.6 Å². The molecule has 0 aromatic heterocycles. The number of carbonyl (C=O) groups excluding carboxylic acids is 2. The van der Waals surface area contributed by atoms with Gasteiger partial charge >= 0.3 is 0 Å². The number of halogens is 4. The Morgan fingerprint density at radius 2 is 1.83 bits per heavy atom. The van der Waals surface area contributed by atoms with Gasteiger partial charge in [-0.3, -0.25) is 9.59 Å². The van der Waals surface area contributed by atoms with Gasteiger partial charge in [0.1, 0.15) is 18.3 Å². The smallest absolute Gasteiger partial charge is 0.161 e. The van der Waals surface area contributed by atoms with E-state index in [1.165, 1.54) is 11.6 Å². The van der Waals surface area contributed by atoms with Gasteiger partial charge in [-0.1, -0.05) is 30.1 Å². The van der Waals surface area contributed by atoms with E-state index in [0.29, 0.717) is 30.7 Å². The van der Waals surface area contributed by atoms with Crippen LogP contribution in [0.5, 0.6) is 0 Å². The minimum atomic E-state index is -2.20. The van der Waals surface area contributed by atoms with Crippen molar-refractivity contribution in [1.82, 2.24) is 0 Å². The molecule has 0 saturated heterocycles. The monoisotopic (exact) mass is 461 g/mol. The van der Waals surface area contributed by atoms with Crippen LogP contribution in [0.15, 0.2) is 44.8 Å². The molecule has 0 heterocycles. The first-order valence-electron chi connectivity index (χ1n) is 9.02. The number of ketones is 2. The summed E-state index contributed by atoms with van der Waals surface area (Å²) in [4.78, 5) is 29.7. The zero-order chi connectivity index (χ0) is 22.3. The van der Waals surface area contributed by atoms with Crippen molar-refractivity contribution in [2.24, 2.45) is 11.1 Å². The molecule has 0 spiro atoms. The maximum absolute atomic E-state index is 13.8. The van der Waals surface area contributed by atoms with Crippen LogP contribution in [0, 0.1) is 23.4 Å². The lowest BCUT2D eigenvalue weighted by Gasteiger charge is -2.22. The summed E-state index contributed by atoms with van der Waals surface area (Å²) in [6, 6.07) is 0.785. The van der Waals surface area contributed by atoms with Crippen molar-refractivity contribution >= 4 is 39.7 Å². The molecule has 2 rings (SSSR count). The van der Waals surface area contributed by atoms with Gasteiger partial charge in [0.05, 0.1) is 21.4 Å². The lowest BCUT2D eigenvalue weighted by molar-refractivity contribution is -0.131. The molecule has 5 nitrogen and oxygen atoms in total. The van der Waals surface area contributed by atoms with Crippen LogP contribution in [0.2, 0.25) is 0 Å². The Labute approximate surface area is 179 Å². The molecule has 0 amide bonds. The maximum atomic E-state index is 13.8. The molecular weight excluding hydrogens is 443 g/mol. The van der Waals surface area contributed by atoms with Gasteiger partial charge < -0.3 is 4.84 Å². The predicted molar refractivity (Wildman–Crippen MR) is 107 cm³/mol. The summed E-state index contributed by atoms with van der Waals surface area (Å²) >= 11 is 5.39. The molecule has 1 aliphatic rings. The van der Waals surface area contributed by atoms with E-state index in [-0.39, 0.29) is 25.0 Å². The number of benzene rings is 1. The van der Waals surface area contributed by atoms with Crippen LogP contribution in [0.4, 0.5) is 13.2 Å². The summed E-state index contributed by atoms with van der Waals surface area (Å²) in [5.41, 5.74) is 1.76. The Hall–Kier alpha value is -2.26. The van der Waals surface area contributed by atoms with Gasteiger partial charge in [-0.2, -0.15) is 0 Å². The third kappa shape index (κ3) is 6.12. The number of hydrogen-bond acceptors (Lipinski definition) is 5. The highest BCUT2D eigenvalue weighted by molar-refractivity contribution is 7.88. The van der Waals surface area contributed by atoms with Crippen molar-refractivity contribution < 1.29 is 31.8 Å². The zero-order valence-corrected chi connectivity index (χ0v) is 17.6. The summed E-state index contributed by atoms with van der Waals surface area (Å²) < 4.78 is 52.6. The molecule has 162 valence electrons. The van der Waals surface area contributed by atoms with Crippen LogP contribution in [0.3, 0.4) is 0 Å². The van der Waals surface area contributed by atoms with E-state index in [2.05, 4.69) is 5.16 Å². The molecule has 1 aromatic carbocycles. The fourth-order valence-electron chi connectivity index (χ4n) is 2.92. The topological polar surface area (TPSA) is 72.8 Å². The highest BCUT2D eigenvalue weighted by Gasteiger charge is 2.36. The number of allylic oxidation sites excluding steroid dienone is 1. The SMILES string of the molecule is CCCC(=NOC/C=C/Cl)C1C(=O)CC(=CS(=O)c2cc(F)c(F)cc2F)CC1=O. The molecule has 1 aromatic rings. The first-order chi connectivity index (χ1) is 14.3. The number of oxime groups is 1. The Morgan fingerprint density at radius 1 is 1.20 bits per heavy atom. The molecule has 0 radical (unpaired) electrons. The first kappa shape index (κ1) is 24.0. The summed E-state index contributed by atoms with van der Waals surface area (Å²) in [7, 11) is -2.20. The Morgan fingerprint density at radius 3 is 2.43 bits per heavy atom. The normalized spacial score (nSPS) is 18.8. The predicted octanol–water partition coefficient (Wildman–Crippen LogP) is 4.57. The zero-order valence-electron chi connectivity index (χ0n) is 16.0. The molecule has 1 unspecified atom stereocenters. The van der Waals surface area contributed by atoms with Crippen molar-refractivity contribution in [2.75, 3.05) is 6.61 Å². The average Bonchev–Trinajstić information content (AvgIpc) is 2.67. The van der Waals surface area contributed by atoms with Crippen molar-refractivity contribution in [1.29, 1.82) is 0 Å². The van der Waals surface area contributed by atoms with E-state index in [0.717, 1.165) is 5.41 Å². The Balaban J connectivity index is 2.20. The summed E-state index contributed by atoms with van der Waals surface area (Å²) in [6.07, 6.45) is 2.10. The van der Waals surface area contributed by atoms with Crippen molar-refractivity contribution in [3.63, 3.8) is 0 Å². The summed E-state index contributed by atoms with van der Waals surface area (Å²) in [6.45, 7) is 1.94.